The summed E-state index contributed by atoms with van der Waals surface area (Å²) in [6, 6.07) is 23.3. The molecule has 5 rings (SSSR count). The lowest BCUT2D eigenvalue weighted by Crippen LogP contribution is -2.29. The minimum absolute atomic E-state index is 0.0225. The van der Waals surface area contributed by atoms with Gasteiger partial charge in [0.1, 0.15) is 18.1 Å². The number of rotatable bonds is 6. The number of nitrogens with zero attached hydrogens (tertiary/aromatic N) is 2. The molecule has 1 saturated heterocycles. The van der Waals surface area contributed by atoms with Gasteiger partial charge in [0.2, 0.25) is 0 Å². The fourth-order valence-electron chi connectivity index (χ4n) is 4.06. The molecule has 0 saturated carbocycles. The Morgan fingerprint density at radius 2 is 1.80 bits per heavy atom. The highest BCUT2D eigenvalue weighted by Crippen LogP contribution is 2.43. The number of benzene rings is 3. The Balaban J connectivity index is 1.58. The van der Waals surface area contributed by atoms with Crippen molar-refractivity contribution >= 4 is 33.9 Å². The van der Waals surface area contributed by atoms with Crippen molar-refractivity contribution in [3.63, 3.8) is 0 Å². The van der Waals surface area contributed by atoms with Gasteiger partial charge in [-0.25, -0.2) is 4.98 Å². The molecule has 7 heteroatoms. The lowest BCUT2D eigenvalue weighted by Gasteiger charge is -2.23. The summed E-state index contributed by atoms with van der Waals surface area (Å²) >= 11 is 1.25. The molecule has 0 bridgehead atoms. The van der Waals surface area contributed by atoms with Crippen molar-refractivity contribution in [1.82, 2.24) is 4.98 Å². The number of aryl methyl sites for hydroxylation is 1. The summed E-state index contributed by atoms with van der Waals surface area (Å²) < 4.78 is 5.99. The second kappa shape index (κ2) is 9.56. The molecule has 174 valence electrons. The molecule has 3 aromatic carbocycles. The second-order valence-corrected chi connectivity index (χ2v) is 9.07. The molecule has 1 N–H and O–H groups in total. The molecule has 1 fully saturated rings. The molecule has 1 amide bonds. The van der Waals surface area contributed by atoms with Crippen LogP contribution in [0, 0.1) is 6.92 Å². The van der Waals surface area contributed by atoms with E-state index in [4.69, 9.17) is 4.74 Å². The lowest BCUT2D eigenvalue weighted by molar-refractivity contribution is -0.132. The molecule has 1 aliphatic rings. The van der Waals surface area contributed by atoms with E-state index in [1.165, 1.54) is 16.2 Å². The Hall–Kier alpha value is -4.23. The van der Waals surface area contributed by atoms with E-state index in [-0.39, 0.29) is 11.3 Å². The molecule has 1 atom stereocenters. The van der Waals surface area contributed by atoms with Crippen LogP contribution >= 0.6 is 11.3 Å². The molecule has 2 heterocycles. The van der Waals surface area contributed by atoms with E-state index in [9.17, 15) is 14.7 Å². The number of thiazole rings is 1. The van der Waals surface area contributed by atoms with Crippen molar-refractivity contribution in [3.05, 3.63) is 118 Å². The number of carbonyl (C=O) groups is 2. The third-order valence-electron chi connectivity index (χ3n) is 5.82. The van der Waals surface area contributed by atoms with E-state index in [0.29, 0.717) is 28.6 Å². The Kier molecular flexibility index (Phi) is 6.16. The molecule has 6 nitrogen and oxygen atoms in total. The molecule has 35 heavy (non-hydrogen) atoms. The molecule has 0 radical (unpaired) electrons. The first-order valence-electron chi connectivity index (χ1n) is 11.1. The van der Waals surface area contributed by atoms with Gasteiger partial charge < -0.3 is 9.84 Å². The van der Waals surface area contributed by atoms with Crippen LogP contribution in [0.3, 0.4) is 0 Å². The predicted molar refractivity (Wildman–Crippen MR) is 135 cm³/mol. The van der Waals surface area contributed by atoms with Gasteiger partial charge in [-0.05, 0) is 30.2 Å². The normalized spacial score (nSPS) is 17.1. The van der Waals surface area contributed by atoms with Crippen LogP contribution in [0.1, 0.15) is 28.3 Å². The first-order chi connectivity index (χ1) is 17.0. The average molecular weight is 483 g/mol. The standard InChI is InChI=1S/C28H22N2O4S/c1-18-10-12-20(13-11-18)25(31)23-24(30(27(33)26(23)32)28-29-14-15-35-28)21-8-5-9-22(16-21)34-17-19-6-3-2-4-7-19/h2-16,24,31H,17H2,1H3. The van der Waals surface area contributed by atoms with Gasteiger partial charge in [-0.15, -0.1) is 11.3 Å². The lowest BCUT2D eigenvalue weighted by atomic mass is 9.95. The van der Waals surface area contributed by atoms with Crippen molar-refractivity contribution in [2.75, 3.05) is 4.90 Å². The van der Waals surface area contributed by atoms with E-state index < -0.39 is 17.7 Å². The van der Waals surface area contributed by atoms with Crippen LogP contribution in [-0.2, 0) is 16.2 Å². The molecule has 1 unspecified atom stereocenters. The number of aliphatic hydroxyl groups is 1. The number of Topliss-reactive ketones (excluding diaryl/α,β-unsaturated/α-hetero) is 1. The number of amides is 1. The highest BCUT2D eigenvalue weighted by atomic mass is 32.1. The van der Waals surface area contributed by atoms with Crippen molar-refractivity contribution in [2.24, 2.45) is 0 Å². The smallest absolute Gasteiger partial charge is 0.301 e. The maximum atomic E-state index is 13.2. The van der Waals surface area contributed by atoms with Crippen LogP contribution in [-0.4, -0.2) is 21.8 Å². The van der Waals surface area contributed by atoms with Crippen molar-refractivity contribution in [3.8, 4) is 5.75 Å². The van der Waals surface area contributed by atoms with E-state index in [1.807, 2.05) is 67.6 Å². The Bertz CT molecular complexity index is 1400. The molecule has 1 aliphatic heterocycles. The van der Waals surface area contributed by atoms with Crippen LogP contribution in [0.25, 0.3) is 5.76 Å². The fraction of sp³-hybridized carbons (Fsp3) is 0.107. The summed E-state index contributed by atoms with van der Waals surface area (Å²) in [5, 5.41) is 13.3. The topological polar surface area (TPSA) is 79.7 Å². The summed E-state index contributed by atoms with van der Waals surface area (Å²) in [7, 11) is 0. The maximum absolute atomic E-state index is 13.2. The SMILES string of the molecule is Cc1ccc(C(O)=C2C(=O)C(=O)N(c3nccs3)C2c2cccc(OCc3ccccc3)c2)cc1. The first kappa shape index (κ1) is 22.6. The fourth-order valence-corrected chi connectivity index (χ4v) is 4.73. The third kappa shape index (κ3) is 4.46. The molecular weight excluding hydrogens is 460 g/mol. The second-order valence-electron chi connectivity index (χ2n) is 8.20. The molecule has 0 aliphatic carbocycles. The van der Waals surface area contributed by atoms with Gasteiger partial charge in [0, 0.05) is 17.1 Å². The number of aliphatic hydroxyl groups excluding tert-OH is 1. The van der Waals surface area contributed by atoms with Gasteiger partial charge in [0.25, 0.3) is 5.78 Å². The van der Waals surface area contributed by atoms with Crippen LogP contribution in [0.4, 0.5) is 5.13 Å². The van der Waals surface area contributed by atoms with Gasteiger partial charge >= 0.3 is 5.91 Å². The zero-order chi connectivity index (χ0) is 24.4. The van der Waals surface area contributed by atoms with Crippen LogP contribution in [0.2, 0.25) is 0 Å². The highest BCUT2D eigenvalue weighted by Gasteiger charge is 2.48. The van der Waals surface area contributed by atoms with E-state index >= 15 is 0 Å². The van der Waals surface area contributed by atoms with Crippen molar-refractivity contribution < 1.29 is 19.4 Å². The molecule has 4 aromatic rings. The van der Waals surface area contributed by atoms with E-state index in [1.54, 1.807) is 29.8 Å². The molecule has 1 aromatic heterocycles. The summed E-state index contributed by atoms with van der Waals surface area (Å²) in [5.41, 5.74) is 3.16. The monoisotopic (exact) mass is 482 g/mol. The average Bonchev–Trinajstić information content (AvgIpc) is 3.50. The van der Waals surface area contributed by atoms with Crippen molar-refractivity contribution in [1.29, 1.82) is 0 Å². The number of ketones is 1. The van der Waals surface area contributed by atoms with Crippen molar-refractivity contribution in [2.45, 2.75) is 19.6 Å². The van der Waals surface area contributed by atoms with Gasteiger partial charge in [-0.3, -0.25) is 14.5 Å². The van der Waals surface area contributed by atoms with Crippen LogP contribution in [0.15, 0.2) is 96.0 Å². The Labute approximate surface area is 206 Å². The number of hydrogen-bond acceptors (Lipinski definition) is 6. The zero-order valence-corrected chi connectivity index (χ0v) is 19.7. The molecule has 0 spiro atoms. The van der Waals surface area contributed by atoms with Gasteiger partial charge in [-0.2, -0.15) is 0 Å². The van der Waals surface area contributed by atoms with E-state index in [0.717, 1.165) is 11.1 Å². The molecular formula is C28H22N2O4S. The number of carbonyl (C=O) groups excluding carboxylic acids is 2. The number of anilines is 1. The maximum Gasteiger partial charge on any atom is 0.301 e. The quantitative estimate of drug-likeness (QED) is 0.218. The Morgan fingerprint density at radius 3 is 2.51 bits per heavy atom. The zero-order valence-electron chi connectivity index (χ0n) is 18.9. The number of ether oxygens (including phenoxy) is 1. The van der Waals surface area contributed by atoms with Gasteiger partial charge in [-0.1, -0.05) is 72.3 Å². The van der Waals surface area contributed by atoms with Crippen LogP contribution in [0.5, 0.6) is 5.75 Å². The van der Waals surface area contributed by atoms with Crippen LogP contribution < -0.4 is 9.64 Å². The first-order valence-corrected chi connectivity index (χ1v) is 11.9. The number of aromatic nitrogens is 1. The van der Waals surface area contributed by atoms with E-state index in [2.05, 4.69) is 4.98 Å². The summed E-state index contributed by atoms with van der Waals surface area (Å²) in [4.78, 5) is 32.0. The predicted octanol–water partition coefficient (Wildman–Crippen LogP) is 5.66. The summed E-state index contributed by atoms with van der Waals surface area (Å²) in [6.07, 6.45) is 1.58. The summed E-state index contributed by atoms with van der Waals surface area (Å²) in [5.74, 6) is -1.11. The minimum Gasteiger partial charge on any atom is -0.507 e. The number of hydrogen-bond donors (Lipinski definition) is 1. The summed E-state index contributed by atoms with van der Waals surface area (Å²) in [6.45, 7) is 2.31. The minimum atomic E-state index is -0.845. The Morgan fingerprint density at radius 1 is 1.03 bits per heavy atom. The third-order valence-corrected chi connectivity index (χ3v) is 6.59. The largest absolute Gasteiger partial charge is 0.507 e. The van der Waals surface area contributed by atoms with Gasteiger partial charge in [0.05, 0.1) is 11.6 Å². The highest BCUT2D eigenvalue weighted by molar-refractivity contribution is 7.14. The van der Waals surface area contributed by atoms with Gasteiger partial charge in [0.15, 0.2) is 5.13 Å².